The largest absolute Gasteiger partial charge is 0.497 e. The normalized spacial score (nSPS) is 8.86. The SMILES string of the molecule is COc1cc(NN)c(F)c(OC)c1.Cl. The number of methoxy groups -OCH3 is 2. The highest BCUT2D eigenvalue weighted by Crippen LogP contribution is 2.29. The third-order valence-corrected chi connectivity index (χ3v) is 1.62. The van der Waals surface area contributed by atoms with Crippen LogP contribution in [0.25, 0.3) is 0 Å². The van der Waals surface area contributed by atoms with Crippen LogP contribution >= 0.6 is 12.4 Å². The predicted octanol–water partition coefficient (Wildman–Crippen LogP) is 1.55. The van der Waals surface area contributed by atoms with Gasteiger partial charge in [0.15, 0.2) is 11.6 Å². The van der Waals surface area contributed by atoms with Crippen molar-refractivity contribution in [3.8, 4) is 11.5 Å². The fraction of sp³-hybridized carbons (Fsp3) is 0.250. The number of hydrazine groups is 1. The zero-order valence-electron chi connectivity index (χ0n) is 7.83. The molecule has 0 unspecified atom stereocenters. The van der Waals surface area contributed by atoms with E-state index in [1.165, 1.54) is 26.4 Å². The first-order valence-electron chi connectivity index (χ1n) is 3.61. The molecule has 0 saturated heterocycles. The molecule has 1 aromatic carbocycles. The van der Waals surface area contributed by atoms with Crippen molar-refractivity contribution in [1.82, 2.24) is 0 Å². The first-order valence-corrected chi connectivity index (χ1v) is 3.61. The summed E-state index contributed by atoms with van der Waals surface area (Å²) in [4.78, 5) is 0. The van der Waals surface area contributed by atoms with Crippen LogP contribution in [0.5, 0.6) is 11.5 Å². The minimum Gasteiger partial charge on any atom is -0.497 e. The number of halogens is 2. The van der Waals surface area contributed by atoms with Crippen LogP contribution in [0.4, 0.5) is 10.1 Å². The maximum atomic E-state index is 13.3. The van der Waals surface area contributed by atoms with E-state index in [1.54, 1.807) is 0 Å². The number of nitrogens with one attached hydrogen (secondary N) is 1. The zero-order chi connectivity index (χ0) is 9.84. The minimum atomic E-state index is -0.536. The van der Waals surface area contributed by atoms with Crippen molar-refractivity contribution in [2.24, 2.45) is 5.84 Å². The van der Waals surface area contributed by atoms with Gasteiger partial charge in [-0.1, -0.05) is 0 Å². The molecule has 0 atom stereocenters. The summed E-state index contributed by atoms with van der Waals surface area (Å²) >= 11 is 0. The van der Waals surface area contributed by atoms with Crippen LogP contribution < -0.4 is 20.7 Å². The highest BCUT2D eigenvalue weighted by Gasteiger charge is 2.10. The average Bonchev–Trinajstić information content (AvgIpc) is 2.18. The van der Waals surface area contributed by atoms with E-state index in [1.807, 2.05) is 0 Å². The van der Waals surface area contributed by atoms with E-state index < -0.39 is 5.82 Å². The molecule has 0 saturated carbocycles. The molecule has 0 spiro atoms. The fourth-order valence-corrected chi connectivity index (χ4v) is 0.944. The molecule has 0 aliphatic heterocycles. The van der Waals surface area contributed by atoms with Gasteiger partial charge >= 0.3 is 0 Å². The lowest BCUT2D eigenvalue weighted by Crippen LogP contribution is -2.09. The van der Waals surface area contributed by atoms with Gasteiger partial charge in [-0.25, -0.2) is 4.39 Å². The molecule has 0 aromatic heterocycles. The van der Waals surface area contributed by atoms with Crippen molar-refractivity contribution in [2.75, 3.05) is 19.6 Å². The first kappa shape index (κ1) is 12.8. The van der Waals surface area contributed by atoms with Crippen LogP contribution in [0.1, 0.15) is 0 Å². The van der Waals surface area contributed by atoms with Gasteiger partial charge in [0.25, 0.3) is 0 Å². The Morgan fingerprint density at radius 1 is 1.29 bits per heavy atom. The van der Waals surface area contributed by atoms with Crippen molar-refractivity contribution in [3.63, 3.8) is 0 Å². The molecule has 4 nitrogen and oxygen atoms in total. The smallest absolute Gasteiger partial charge is 0.189 e. The van der Waals surface area contributed by atoms with Crippen molar-refractivity contribution >= 4 is 18.1 Å². The van der Waals surface area contributed by atoms with Gasteiger partial charge in [-0.2, -0.15) is 0 Å². The van der Waals surface area contributed by atoms with E-state index in [0.29, 0.717) is 5.75 Å². The first-order chi connectivity index (χ1) is 6.22. The summed E-state index contributed by atoms with van der Waals surface area (Å²) in [5, 5.41) is 0. The van der Waals surface area contributed by atoms with Crippen LogP contribution in [-0.4, -0.2) is 14.2 Å². The molecule has 0 amide bonds. The van der Waals surface area contributed by atoms with Crippen LogP contribution in [0.3, 0.4) is 0 Å². The highest BCUT2D eigenvalue weighted by atomic mass is 35.5. The lowest BCUT2D eigenvalue weighted by atomic mass is 10.2. The Balaban J connectivity index is 0.00000169. The zero-order valence-corrected chi connectivity index (χ0v) is 8.65. The number of nitrogen functional groups attached to an aromatic ring is 1. The van der Waals surface area contributed by atoms with Crippen molar-refractivity contribution in [3.05, 3.63) is 17.9 Å². The van der Waals surface area contributed by atoms with Crippen molar-refractivity contribution in [1.29, 1.82) is 0 Å². The average molecular weight is 223 g/mol. The third kappa shape index (κ3) is 2.40. The number of hydrogen-bond acceptors (Lipinski definition) is 4. The minimum absolute atomic E-state index is 0. The Bertz CT molecular complexity index is 284. The van der Waals surface area contributed by atoms with Crippen molar-refractivity contribution < 1.29 is 13.9 Å². The third-order valence-electron chi connectivity index (χ3n) is 1.62. The summed E-state index contributed by atoms with van der Waals surface area (Å²) in [7, 11) is 2.85. The standard InChI is InChI=1S/C8H11FN2O2.ClH/c1-12-5-3-6(11-10)8(9)7(4-5)13-2;/h3-4,11H,10H2,1-2H3;1H. The second-order valence-corrected chi connectivity index (χ2v) is 2.34. The van der Waals surface area contributed by atoms with E-state index in [-0.39, 0.29) is 23.8 Å². The van der Waals surface area contributed by atoms with E-state index in [4.69, 9.17) is 15.3 Å². The Morgan fingerprint density at radius 3 is 2.36 bits per heavy atom. The van der Waals surface area contributed by atoms with E-state index in [9.17, 15) is 4.39 Å². The summed E-state index contributed by atoms with van der Waals surface area (Å²) < 4.78 is 23.0. The van der Waals surface area contributed by atoms with E-state index in [0.717, 1.165) is 0 Å². The number of rotatable bonds is 3. The topological polar surface area (TPSA) is 56.5 Å². The number of anilines is 1. The summed E-state index contributed by atoms with van der Waals surface area (Å²) in [5.41, 5.74) is 2.35. The molecule has 1 rings (SSSR count). The van der Waals surface area contributed by atoms with Gasteiger partial charge in [0.2, 0.25) is 0 Å². The number of benzene rings is 1. The summed E-state index contributed by atoms with van der Waals surface area (Å²) in [5.74, 6) is 5.13. The van der Waals surface area contributed by atoms with Crippen LogP contribution in [0.15, 0.2) is 12.1 Å². The van der Waals surface area contributed by atoms with Gasteiger partial charge < -0.3 is 14.9 Å². The Morgan fingerprint density at radius 2 is 1.93 bits per heavy atom. The number of hydrogen-bond donors (Lipinski definition) is 2. The molecule has 0 aliphatic carbocycles. The Kier molecular flexibility index (Phi) is 5.04. The Hall–Kier alpha value is -1.20. The lowest BCUT2D eigenvalue weighted by molar-refractivity contribution is 0.375. The van der Waals surface area contributed by atoms with E-state index >= 15 is 0 Å². The molecule has 0 heterocycles. The maximum absolute atomic E-state index is 13.3. The van der Waals surface area contributed by atoms with Gasteiger partial charge in [-0.05, 0) is 0 Å². The molecule has 80 valence electrons. The van der Waals surface area contributed by atoms with Gasteiger partial charge in [-0.3, -0.25) is 5.84 Å². The quantitative estimate of drug-likeness (QED) is 0.602. The van der Waals surface area contributed by atoms with Gasteiger partial charge in [0.05, 0.1) is 19.9 Å². The molecule has 0 bridgehead atoms. The number of nitrogens with two attached hydrogens (primary N) is 1. The maximum Gasteiger partial charge on any atom is 0.189 e. The molecule has 6 heteroatoms. The number of ether oxygens (including phenoxy) is 2. The molecule has 3 N–H and O–H groups in total. The molecular formula is C8H12ClFN2O2. The van der Waals surface area contributed by atoms with Crippen LogP contribution in [0.2, 0.25) is 0 Å². The lowest BCUT2D eigenvalue weighted by Gasteiger charge is -2.09. The molecule has 14 heavy (non-hydrogen) atoms. The molecule has 1 aromatic rings. The van der Waals surface area contributed by atoms with Gasteiger partial charge in [0, 0.05) is 12.1 Å². The summed E-state index contributed by atoms with van der Waals surface area (Å²) in [6.07, 6.45) is 0. The van der Waals surface area contributed by atoms with Crippen molar-refractivity contribution in [2.45, 2.75) is 0 Å². The van der Waals surface area contributed by atoms with Crippen LogP contribution in [-0.2, 0) is 0 Å². The highest BCUT2D eigenvalue weighted by molar-refractivity contribution is 5.85. The monoisotopic (exact) mass is 222 g/mol. The second-order valence-electron chi connectivity index (χ2n) is 2.34. The van der Waals surface area contributed by atoms with Gasteiger partial charge in [0.1, 0.15) is 5.75 Å². The van der Waals surface area contributed by atoms with E-state index in [2.05, 4.69) is 5.43 Å². The molecule has 0 aliphatic rings. The van der Waals surface area contributed by atoms with Crippen LogP contribution in [0, 0.1) is 5.82 Å². The summed E-state index contributed by atoms with van der Waals surface area (Å²) in [6.45, 7) is 0. The molecule has 0 radical (unpaired) electrons. The Labute approximate surface area is 87.6 Å². The summed E-state index contributed by atoms with van der Waals surface area (Å²) in [6, 6.07) is 2.88. The predicted molar refractivity (Wildman–Crippen MR) is 54.6 cm³/mol. The molecular weight excluding hydrogens is 211 g/mol. The molecule has 0 fully saturated rings. The second kappa shape index (κ2) is 5.51. The fourth-order valence-electron chi connectivity index (χ4n) is 0.944. The van der Waals surface area contributed by atoms with Gasteiger partial charge in [-0.15, -0.1) is 12.4 Å².